The molecule has 10 nitrogen and oxygen atoms in total. The zero-order valence-corrected chi connectivity index (χ0v) is 19.2. The Hall–Kier alpha value is -2.20. The van der Waals surface area contributed by atoms with Crippen LogP contribution in [0.1, 0.15) is 12.5 Å². The van der Waals surface area contributed by atoms with E-state index in [0.29, 0.717) is 10.5 Å². The van der Waals surface area contributed by atoms with Gasteiger partial charge in [0, 0.05) is 25.1 Å². The van der Waals surface area contributed by atoms with Gasteiger partial charge in [0.05, 0.1) is 35.3 Å². The van der Waals surface area contributed by atoms with Crippen LogP contribution in [0.2, 0.25) is 0 Å². The number of phenols is 1. The highest BCUT2D eigenvalue weighted by Crippen LogP contribution is 2.40. The van der Waals surface area contributed by atoms with Crippen LogP contribution < -0.4 is 15.8 Å². The van der Waals surface area contributed by atoms with Crippen LogP contribution in [0.3, 0.4) is 0 Å². The SMILES string of the molecule is COC[C@@H](NC1=C(Br)C=NCC(Nc2cc(O)c(S(N)(=O)=O)c(C(F)(F)F)c2)=N1)[C@@H](C)O. The van der Waals surface area contributed by atoms with Crippen molar-refractivity contribution in [1.29, 1.82) is 0 Å². The van der Waals surface area contributed by atoms with Gasteiger partial charge in [-0.05, 0) is 28.9 Å². The Morgan fingerprint density at radius 2 is 2.03 bits per heavy atom. The maximum Gasteiger partial charge on any atom is 0.417 e. The van der Waals surface area contributed by atoms with Gasteiger partial charge in [0.2, 0.25) is 10.0 Å². The van der Waals surface area contributed by atoms with Crippen molar-refractivity contribution in [2.45, 2.75) is 30.1 Å². The number of rotatable bonds is 7. The zero-order valence-electron chi connectivity index (χ0n) is 16.8. The Morgan fingerprint density at radius 3 is 2.56 bits per heavy atom. The number of aliphatic hydroxyl groups is 1. The molecule has 0 spiro atoms. The number of allylic oxidation sites excluding steroid dienone is 1. The van der Waals surface area contributed by atoms with Gasteiger partial charge in [-0.3, -0.25) is 4.99 Å². The maximum atomic E-state index is 13.4. The van der Waals surface area contributed by atoms with Gasteiger partial charge < -0.3 is 25.6 Å². The Balaban J connectivity index is 2.45. The molecule has 0 aliphatic carbocycles. The molecule has 1 heterocycles. The van der Waals surface area contributed by atoms with E-state index in [4.69, 9.17) is 9.88 Å². The lowest BCUT2D eigenvalue weighted by Crippen LogP contribution is -2.41. The molecule has 0 saturated carbocycles. The number of nitrogens with zero attached hydrogens (tertiary/aromatic N) is 2. The number of benzene rings is 1. The lowest BCUT2D eigenvalue weighted by molar-refractivity contribution is -0.140. The van der Waals surface area contributed by atoms with Crippen LogP contribution in [0.4, 0.5) is 18.9 Å². The number of anilines is 1. The Kier molecular flexibility index (Phi) is 8.27. The number of alkyl halides is 3. The van der Waals surface area contributed by atoms with Gasteiger partial charge in [-0.2, -0.15) is 13.2 Å². The lowest BCUT2D eigenvalue weighted by atomic mass is 10.1. The molecule has 0 radical (unpaired) electrons. The average molecular weight is 544 g/mol. The van der Waals surface area contributed by atoms with E-state index in [-0.39, 0.29) is 30.5 Å². The molecule has 0 fully saturated rings. The number of nitrogens with one attached hydrogen (secondary N) is 2. The number of nitrogens with two attached hydrogens (primary N) is 1. The number of amidine groups is 1. The Bertz CT molecular complexity index is 1060. The maximum absolute atomic E-state index is 13.4. The number of aliphatic hydroxyl groups excluding tert-OH is 1. The first kappa shape index (κ1) is 26.1. The van der Waals surface area contributed by atoms with Crippen molar-refractivity contribution in [2.24, 2.45) is 15.1 Å². The monoisotopic (exact) mass is 543 g/mol. The summed E-state index contributed by atoms with van der Waals surface area (Å²) in [5.74, 6) is -0.902. The Morgan fingerprint density at radius 1 is 1.38 bits per heavy atom. The third-order valence-electron chi connectivity index (χ3n) is 4.12. The minimum Gasteiger partial charge on any atom is -0.506 e. The van der Waals surface area contributed by atoms with E-state index in [1.807, 2.05) is 0 Å². The second kappa shape index (κ2) is 10.2. The largest absolute Gasteiger partial charge is 0.506 e. The molecule has 0 bridgehead atoms. The van der Waals surface area contributed by atoms with Crippen LogP contribution in [0, 0.1) is 0 Å². The summed E-state index contributed by atoms with van der Waals surface area (Å²) in [5, 5.41) is 30.2. The highest BCUT2D eigenvalue weighted by molar-refractivity contribution is 9.12. The van der Waals surface area contributed by atoms with Gasteiger partial charge in [0.25, 0.3) is 0 Å². The van der Waals surface area contributed by atoms with Crippen LogP contribution in [-0.4, -0.2) is 63.1 Å². The van der Waals surface area contributed by atoms with Crippen LogP contribution >= 0.6 is 15.9 Å². The fourth-order valence-electron chi connectivity index (χ4n) is 2.68. The third kappa shape index (κ3) is 6.65. The van der Waals surface area contributed by atoms with Gasteiger partial charge in [0.1, 0.15) is 22.3 Å². The van der Waals surface area contributed by atoms with Crippen LogP contribution in [-0.2, 0) is 20.9 Å². The fourth-order valence-corrected chi connectivity index (χ4v) is 3.86. The minimum atomic E-state index is -5.11. The normalized spacial score (nSPS) is 16.9. The first-order valence-corrected chi connectivity index (χ1v) is 11.2. The standard InChI is InChI=1S/C17H21BrF3N5O5S/c1-8(27)12(7-31-2)25-16-11(18)5-23-6-14(26-16)24-9-3-10(17(19,20)21)15(13(28)4-9)32(22,29)30/h3-5,8,12,25,27-28H,6-7H2,1-2H3,(H,24,26)(H2,22,29,30)/t8-,12-/m1/s1. The molecule has 6 N–H and O–H groups in total. The zero-order chi connectivity index (χ0) is 24.3. The topological polar surface area (TPSA) is 159 Å². The molecule has 2 atom stereocenters. The molecule has 0 amide bonds. The number of primary sulfonamides is 1. The number of sulfonamides is 1. The van der Waals surface area contributed by atoms with Gasteiger partial charge in [-0.1, -0.05) is 0 Å². The quantitative estimate of drug-likeness (QED) is 0.348. The summed E-state index contributed by atoms with van der Waals surface area (Å²) >= 11 is 3.27. The van der Waals surface area contributed by atoms with Gasteiger partial charge in [-0.25, -0.2) is 18.5 Å². The van der Waals surface area contributed by atoms with E-state index in [1.165, 1.54) is 20.2 Å². The van der Waals surface area contributed by atoms with E-state index in [0.717, 1.165) is 6.07 Å². The number of phenolic OH excluding ortho intramolecular Hbond substituents is 1. The molecule has 1 aliphatic heterocycles. The molecule has 1 aromatic rings. The number of methoxy groups -OCH3 is 1. The molecular weight excluding hydrogens is 523 g/mol. The number of hydrogen-bond acceptors (Lipinski definition) is 9. The van der Waals surface area contributed by atoms with E-state index in [9.17, 15) is 31.8 Å². The summed E-state index contributed by atoms with van der Waals surface area (Å²) in [6.45, 7) is 1.59. The second-order valence-corrected chi connectivity index (χ2v) is 9.06. The van der Waals surface area contributed by atoms with E-state index >= 15 is 0 Å². The smallest absolute Gasteiger partial charge is 0.417 e. The summed E-state index contributed by atoms with van der Waals surface area (Å²) in [4.78, 5) is 6.92. The number of ether oxygens (including phenoxy) is 1. The van der Waals surface area contributed by atoms with Gasteiger partial charge in [0.15, 0.2) is 0 Å². The van der Waals surface area contributed by atoms with Crippen molar-refractivity contribution in [1.82, 2.24) is 5.32 Å². The van der Waals surface area contributed by atoms with E-state index in [2.05, 4.69) is 36.5 Å². The second-order valence-electron chi connectivity index (χ2n) is 6.71. The van der Waals surface area contributed by atoms with Crippen molar-refractivity contribution in [3.05, 3.63) is 28.0 Å². The first-order chi connectivity index (χ1) is 14.7. The first-order valence-electron chi connectivity index (χ1n) is 8.88. The fraction of sp³-hybridized carbons (Fsp3) is 0.412. The van der Waals surface area contributed by atoms with E-state index < -0.39 is 44.6 Å². The summed E-state index contributed by atoms with van der Waals surface area (Å²) in [6.07, 6.45) is -4.53. The predicted octanol–water partition coefficient (Wildman–Crippen LogP) is 1.50. The summed E-state index contributed by atoms with van der Waals surface area (Å²) in [5.41, 5.74) is -1.93. The van der Waals surface area contributed by atoms with Gasteiger partial charge >= 0.3 is 6.18 Å². The van der Waals surface area contributed by atoms with Crippen molar-refractivity contribution >= 4 is 43.7 Å². The van der Waals surface area contributed by atoms with E-state index in [1.54, 1.807) is 0 Å². The highest BCUT2D eigenvalue weighted by atomic mass is 79.9. The summed E-state index contributed by atoms with van der Waals surface area (Å²) in [7, 11) is -3.41. The molecule has 0 unspecified atom stereocenters. The van der Waals surface area contributed by atoms with Gasteiger partial charge in [-0.15, -0.1) is 0 Å². The molecule has 1 aliphatic rings. The number of hydrogen-bond donors (Lipinski definition) is 5. The molecule has 0 saturated heterocycles. The minimum absolute atomic E-state index is 0.0656. The lowest BCUT2D eigenvalue weighted by Gasteiger charge is -2.22. The molecule has 15 heteroatoms. The molecule has 1 aromatic carbocycles. The summed E-state index contributed by atoms with van der Waals surface area (Å²) in [6, 6.07) is 0.710. The van der Waals surface area contributed by atoms with Crippen molar-refractivity contribution < 1.29 is 36.5 Å². The molecule has 178 valence electrons. The number of aliphatic imine (C=N–C) groups is 2. The average Bonchev–Trinajstić information content (AvgIpc) is 2.80. The third-order valence-corrected chi connectivity index (χ3v) is 5.70. The summed E-state index contributed by atoms with van der Waals surface area (Å²) < 4.78 is 68.8. The van der Waals surface area contributed by atoms with Crippen LogP contribution in [0.15, 0.2) is 37.3 Å². The highest BCUT2D eigenvalue weighted by Gasteiger charge is 2.39. The Labute approximate surface area is 190 Å². The van der Waals surface area contributed by atoms with Crippen molar-refractivity contribution in [2.75, 3.05) is 25.6 Å². The predicted molar refractivity (Wildman–Crippen MR) is 115 cm³/mol. The molecular formula is C17H21BrF3N5O5S. The molecule has 32 heavy (non-hydrogen) atoms. The number of aromatic hydroxyl groups is 1. The van der Waals surface area contributed by atoms with Crippen molar-refractivity contribution in [3.63, 3.8) is 0 Å². The van der Waals surface area contributed by atoms with Crippen molar-refractivity contribution in [3.8, 4) is 5.75 Å². The molecule has 2 rings (SSSR count). The molecule has 0 aromatic heterocycles. The van der Waals surface area contributed by atoms with Crippen LogP contribution in [0.25, 0.3) is 0 Å². The number of halogens is 4. The van der Waals surface area contributed by atoms with Crippen LogP contribution in [0.5, 0.6) is 5.75 Å².